The Morgan fingerprint density at radius 1 is 1.18 bits per heavy atom. The van der Waals surface area contributed by atoms with Gasteiger partial charge in [0.15, 0.2) is 0 Å². The molecule has 0 aliphatic carbocycles. The zero-order chi connectivity index (χ0) is 11.7. The van der Waals surface area contributed by atoms with Crippen LogP contribution in [0.3, 0.4) is 0 Å². The Balaban J connectivity index is -0.000000980. The summed E-state index contributed by atoms with van der Waals surface area (Å²) >= 11 is 0. The maximum atomic E-state index is 10.6. The second-order valence-electron chi connectivity index (χ2n) is 3.44. The first-order valence-corrected chi connectivity index (χ1v) is 5.22. The Morgan fingerprint density at radius 3 is 2.18 bits per heavy atom. The number of unbranched alkanes of at least 4 members (excludes halogenated alkanes) is 2. The van der Waals surface area contributed by atoms with Crippen LogP contribution in [-0.2, 0) is 9.59 Å². The van der Waals surface area contributed by atoms with Gasteiger partial charge in [-0.25, -0.2) is 0 Å². The van der Waals surface area contributed by atoms with Crippen molar-refractivity contribution in [1.29, 1.82) is 0 Å². The number of nitrogens with one attached hydrogen (secondary N) is 1. The molecule has 0 aromatic heterocycles. The monoisotopic (exact) mass is 261 g/mol. The maximum Gasteiger partial charge on any atom is 1.00 e. The van der Waals surface area contributed by atoms with Crippen molar-refractivity contribution in [3.8, 4) is 0 Å². The van der Waals surface area contributed by atoms with Crippen molar-refractivity contribution in [3.05, 3.63) is 0 Å². The predicted octanol–water partition coefficient (Wildman–Crippen LogP) is -7.58. The molecule has 0 saturated heterocycles. The van der Waals surface area contributed by atoms with Crippen LogP contribution in [0.4, 0.5) is 0 Å². The van der Waals surface area contributed by atoms with Crippen LogP contribution in [0.1, 0.15) is 39.0 Å². The van der Waals surface area contributed by atoms with Crippen molar-refractivity contribution in [3.63, 3.8) is 0 Å². The standard InChI is InChI=1S/C10H19NO4.2Na/c1-2-3-4-7-11-8(10(14)15)5-6-9(12)13;;/h8,11H,2-7H2,1H3,(H,12,13)(H,14,15);;/q;2*+1/p-2/t8-;;/m0../s1. The van der Waals surface area contributed by atoms with Crippen molar-refractivity contribution in [2.75, 3.05) is 6.54 Å². The minimum atomic E-state index is -1.26. The van der Waals surface area contributed by atoms with E-state index < -0.39 is 18.0 Å². The average Bonchev–Trinajstić information content (AvgIpc) is 2.15. The molecular weight excluding hydrogens is 244 g/mol. The number of carboxylic acids is 2. The molecule has 0 heterocycles. The summed E-state index contributed by atoms with van der Waals surface area (Å²) in [5.74, 6) is -2.50. The van der Waals surface area contributed by atoms with Crippen LogP contribution in [0, 0.1) is 0 Å². The molecule has 1 atom stereocenters. The number of hydrogen-bond donors (Lipinski definition) is 1. The quantitative estimate of drug-likeness (QED) is 0.329. The van der Waals surface area contributed by atoms with Gasteiger partial charge in [-0.15, -0.1) is 0 Å². The largest absolute Gasteiger partial charge is 1.00 e. The number of carbonyl (C=O) groups excluding carboxylic acids is 2. The van der Waals surface area contributed by atoms with Gasteiger partial charge in [0.1, 0.15) is 0 Å². The van der Waals surface area contributed by atoms with Crippen molar-refractivity contribution in [2.24, 2.45) is 0 Å². The molecule has 0 aliphatic rings. The summed E-state index contributed by atoms with van der Waals surface area (Å²) in [5.41, 5.74) is 0. The summed E-state index contributed by atoms with van der Waals surface area (Å²) in [6.07, 6.45) is 2.70. The van der Waals surface area contributed by atoms with E-state index in [9.17, 15) is 19.8 Å². The topological polar surface area (TPSA) is 92.3 Å². The summed E-state index contributed by atoms with van der Waals surface area (Å²) < 4.78 is 0. The summed E-state index contributed by atoms with van der Waals surface area (Å²) in [6.45, 7) is 2.62. The smallest absolute Gasteiger partial charge is 0.550 e. The van der Waals surface area contributed by atoms with E-state index >= 15 is 0 Å². The zero-order valence-electron chi connectivity index (χ0n) is 11.0. The Kier molecular flexibility index (Phi) is 20.3. The normalized spacial score (nSPS) is 10.9. The molecule has 0 amide bonds. The van der Waals surface area contributed by atoms with Gasteiger partial charge in [-0.05, 0) is 25.8 Å². The van der Waals surface area contributed by atoms with Crippen LogP contribution in [0.15, 0.2) is 0 Å². The number of hydrogen-bond acceptors (Lipinski definition) is 5. The number of carbonyl (C=O) groups is 2. The molecule has 0 unspecified atom stereocenters. The molecule has 0 radical (unpaired) electrons. The molecule has 17 heavy (non-hydrogen) atoms. The maximum absolute atomic E-state index is 10.6. The minimum absolute atomic E-state index is 0. The molecule has 0 aromatic rings. The third-order valence-electron chi connectivity index (χ3n) is 2.09. The van der Waals surface area contributed by atoms with E-state index in [4.69, 9.17) is 0 Å². The van der Waals surface area contributed by atoms with Crippen molar-refractivity contribution >= 4 is 11.9 Å². The van der Waals surface area contributed by atoms with Crippen LogP contribution in [0.5, 0.6) is 0 Å². The van der Waals surface area contributed by atoms with Gasteiger partial charge in [0.2, 0.25) is 0 Å². The van der Waals surface area contributed by atoms with E-state index in [1.54, 1.807) is 0 Å². The first-order chi connectivity index (χ1) is 7.07. The van der Waals surface area contributed by atoms with Crippen LogP contribution in [0.2, 0.25) is 0 Å². The molecule has 0 fully saturated rings. The summed E-state index contributed by atoms with van der Waals surface area (Å²) in [6, 6.07) is -0.889. The third-order valence-corrected chi connectivity index (χ3v) is 2.09. The van der Waals surface area contributed by atoms with Gasteiger partial charge >= 0.3 is 59.1 Å². The first-order valence-electron chi connectivity index (χ1n) is 5.22. The number of aliphatic carboxylic acids is 2. The molecule has 0 rings (SSSR count). The fourth-order valence-electron chi connectivity index (χ4n) is 1.22. The van der Waals surface area contributed by atoms with E-state index in [2.05, 4.69) is 5.32 Å². The zero-order valence-corrected chi connectivity index (χ0v) is 15.0. The van der Waals surface area contributed by atoms with E-state index in [1.807, 2.05) is 6.92 Å². The molecule has 0 aromatic carbocycles. The molecule has 0 bridgehead atoms. The van der Waals surface area contributed by atoms with E-state index in [0.717, 1.165) is 19.3 Å². The second-order valence-corrected chi connectivity index (χ2v) is 3.44. The molecule has 1 N–H and O–H groups in total. The van der Waals surface area contributed by atoms with Gasteiger partial charge in [0, 0.05) is 12.0 Å². The molecule has 88 valence electrons. The van der Waals surface area contributed by atoms with Crippen molar-refractivity contribution in [1.82, 2.24) is 5.32 Å². The van der Waals surface area contributed by atoms with Gasteiger partial charge < -0.3 is 25.1 Å². The Morgan fingerprint density at radius 2 is 1.76 bits per heavy atom. The minimum Gasteiger partial charge on any atom is -0.550 e. The number of carboxylic acid groups (broad SMARTS) is 2. The van der Waals surface area contributed by atoms with Crippen LogP contribution < -0.4 is 74.6 Å². The van der Waals surface area contributed by atoms with E-state index in [0.29, 0.717) is 6.54 Å². The summed E-state index contributed by atoms with van der Waals surface area (Å²) in [5, 5.41) is 23.5. The molecule has 0 spiro atoms. The van der Waals surface area contributed by atoms with Gasteiger partial charge in [-0.1, -0.05) is 19.8 Å². The molecule has 7 heteroatoms. The van der Waals surface area contributed by atoms with Gasteiger partial charge in [-0.3, -0.25) is 0 Å². The SMILES string of the molecule is CCCCCN[C@@H](CCC(=O)[O-])C(=O)[O-].[Na+].[Na+]. The third kappa shape index (κ3) is 14.8. The predicted molar refractivity (Wildman–Crippen MR) is 50.6 cm³/mol. The fraction of sp³-hybridized carbons (Fsp3) is 0.800. The van der Waals surface area contributed by atoms with Gasteiger partial charge in [0.05, 0.1) is 5.97 Å². The number of rotatable bonds is 9. The second kappa shape index (κ2) is 15.0. The molecular formula is C10H17NNa2O4. The summed E-state index contributed by atoms with van der Waals surface area (Å²) in [7, 11) is 0. The van der Waals surface area contributed by atoms with Crippen LogP contribution in [0.25, 0.3) is 0 Å². The fourth-order valence-corrected chi connectivity index (χ4v) is 1.22. The van der Waals surface area contributed by atoms with Crippen molar-refractivity contribution in [2.45, 2.75) is 45.1 Å². The van der Waals surface area contributed by atoms with Crippen LogP contribution in [-0.4, -0.2) is 24.5 Å². The Bertz CT molecular complexity index is 214. The Hall–Kier alpha value is 0.900. The molecule has 5 nitrogen and oxygen atoms in total. The summed E-state index contributed by atoms with van der Waals surface area (Å²) in [4.78, 5) is 20.7. The van der Waals surface area contributed by atoms with Crippen molar-refractivity contribution < 1.29 is 78.9 Å². The van der Waals surface area contributed by atoms with Gasteiger partial charge in [-0.2, -0.15) is 0 Å². The molecule has 0 saturated carbocycles. The molecule has 0 aliphatic heterocycles. The Labute approximate surface area is 146 Å². The van der Waals surface area contributed by atoms with E-state index in [1.165, 1.54) is 0 Å². The van der Waals surface area contributed by atoms with E-state index in [-0.39, 0.29) is 72.0 Å². The first kappa shape index (κ1) is 23.0. The average molecular weight is 261 g/mol. The van der Waals surface area contributed by atoms with Gasteiger partial charge in [0.25, 0.3) is 0 Å². The van der Waals surface area contributed by atoms with Crippen LogP contribution >= 0.6 is 0 Å².